The second-order valence-electron chi connectivity index (χ2n) is 5.16. The summed E-state index contributed by atoms with van der Waals surface area (Å²) in [6.07, 6.45) is 0. The Morgan fingerprint density at radius 1 is 1.14 bits per heavy atom. The fraction of sp³-hybridized carbons (Fsp3) is 0.333. The maximum absolute atomic E-state index is 5.56. The molecule has 1 aliphatic heterocycles. The third-order valence-electron chi connectivity index (χ3n) is 3.71. The van der Waals surface area contributed by atoms with E-state index >= 15 is 0 Å². The normalized spacial score (nSPS) is 18.4. The van der Waals surface area contributed by atoms with Crippen LogP contribution in [-0.4, -0.2) is 26.4 Å². The molecule has 0 saturated carbocycles. The molecule has 2 aromatic rings. The highest BCUT2D eigenvalue weighted by molar-refractivity contribution is 5.65. The molecule has 0 bridgehead atoms. The van der Waals surface area contributed by atoms with Crippen LogP contribution in [0.15, 0.2) is 48.5 Å². The van der Waals surface area contributed by atoms with Gasteiger partial charge in [-0.15, -0.1) is 0 Å². The Bertz CT molecular complexity index is 574. The largest absolute Gasteiger partial charge is 0.494 e. The van der Waals surface area contributed by atoms with Crippen LogP contribution in [0.1, 0.15) is 18.5 Å². The van der Waals surface area contributed by atoms with Crippen molar-refractivity contribution in [1.29, 1.82) is 0 Å². The molecule has 1 aliphatic rings. The summed E-state index contributed by atoms with van der Waals surface area (Å²) >= 11 is 0. The number of morpholine rings is 1. The Kier molecular flexibility index (Phi) is 4.53. The number of rotatable bonds is 4. The number of nitrogens with one attached hydrogen (secondary N) is 1. The van der Waals surface area contributed by atoms with Crippen LogP contribution in [0.2, 0.25) is 0 Å². The summed E-state index contributed by atoms with van der Waals surface area (Å²) in [7, 11) is 0. The maximum Gasteiger partial charge on any atom is 0.119 e. The van der Waals surface area contributed by atoms with Crippen molar-refractivity contribution >= 4 is 0 Å². The minimum atomic E-state index is 0.308. The lowest BCUT2D eigenvalue weighted by Gasteiger charge is -2.24. The number of benzene rings is 2. The van der Waals surface area contributed by atoms with E-state index in [0.717, 1.165) is 25.5 Å². The van der Waals surface area contributed by atoms with Gasteiger partial charge in [-0.3, -0.25) is 0 Å². The van der Waals surface area contributed by atoms with E-state index in [0.29, 0.717) is 12.6 Å². The van der Waals surface area contributed by atoms with E-state index < -0.39 is 0 Å². The van der Waals surface area contributed by atoms with Crippen molar-refractivity contribution < 1.29 is 9.47 Å². The first-order chi connectivity index (χ1) is 10.4. The van der Waals surface area contributed by atoms with E-state index in [-0.39, 0.29) is 0 Å². The van der Waals surface area contributed by atoms with Gasteiger partial charge in [0, 0.05) is 6.54 Å². The van der Waals surface area contributed by atoms with Gasteiger partial charge in [-0.25, -0.2) is 0 Å². The first-order valence-electron chi connectivity index (χ1n) is 7.51. The van der Waals surface area contributed by atoms with Gasteiger partial charge in [0.2, 0.25) is 0 Å². The van der Waals surface area contributed by atoms with Gasteiger partial charge in [-0.1, -0.05) is 36.4 Å². The average molecular weight is 283 g/mol. The summed E-state index contributed by atoms with van der Waals surface area (Å²) in [5, 5.41) is 3.48. The summed E-state index contributed by atoms with van der Waals surface area (Å²) in [5.74, 6) is 0.918. The molecule has 0 aromatic heterocycles. The van der Waals surface area contributed by atoms with Gasteiger partial charge < -0.3 is 14.8 Å². The van der Waals surface area contributed by atoms with Crippen LogP contribution in [-0.2, 0) is 4.74 Å². The number of hydrogen-bond acceptors (Lipinski definition) is 3. The van der Waals surface area contributed by atoms with Crippen LogP contribution in [0.3, 0.4) is 0 Å². The van der Waals surface area contributed by atoms with Gasteiger partial charge in [0.05, 0.1) is 25.9 Å². The van der Waals surface area contributed by atoms with E-state index in [4.69, 9.17) is 9.47 Å². The van der Waals surface area contributed by atoms with Gasteiger partial charge in [0.15, 0.2) is 0 Å². The van der Waals surface area contributed by atoms with Crippen LogP contribution in [0.5, 0.6) is 5.75 Å². The van der Waals surface area contributed by atoms with Gasteiger partial charge in [0.1, 0.15) is 5.75 Å². The summed E-state index contributed by atoms with van der Waals surface area (Å²) in [5.41, 5.74) is 3.66. The highest BCUT2D eigenvalue weighted by Crippen LogP contribution is 2.26. The molecule has 110 valence electrons. The molecular formula is C18H21NO2. The van der Waals surface area contributed by atoms with Crippen molar-refractivity contribution in [3.8, 4) is 16.9 Å². The molecule has 2 aromatic carbocycles. The minimum Gasteiger partial charge on any atom is -0.494 e. The smallest absolute Gasteiger partial charge is 0.119 e. The molecule has 1 N–H and O–H groups in total. The Morgan fingerprint density at radius 3 is 2.71 bits per heavy atom. The lowest BCUT2D eigenvalue weighted by atomic mass is 10.0. The van der Waals surface area contributed by atoms with E-state index in [1.165, 1.54) is 16.7 Å². The van der Waals surface area contributed by atoms with Crippen LogP contribution in [0.4, 0.5) is 0 Å². The van der Waals surface area contributed by atoms with E-state index in [1.807, 2.05) is 19.1 Å². The Balaban J connectivity index is 1.78. The molecule has 1 unspecified atom stereocenters. The molecule has 1 atom stereocenters. The van der Waals surface area contributed by atoms with Crippen molar-refractivity contribution in [2.45, 2.75) is 13.0 Å². The molecule has 1 saturated heterocycles. The Labute approximate surface area is 125 Å². The molecule has 3 rings (SSSR count). The maximum atomic E-state index is 5.56. The number of hydrogen-bond donors (Lipinski definition) is 1. The molecule has 1 fully saturated rings. The molecule has 21 heavy (non-hydrogen) atoms. The standard InChI is InChI=1S/C18H21NO2/c1-2-21-17-5-3-4-16(12-17)14-6-8-15(9-7-14)18-13-20-11-10-19-18/h3-9,12,18-19H,2,10-11,13H2,1H3. The molecule has 0 spiro atoms. The van der Waals surface area contributed by atoms with Crippen LogP contribution < -0.4 is 10.1 Å². The molecule has 3 nitrogen and oxygen atoms in total. The lowest BCUT2D eigenvalue weighted by molar-refractivity contribution is 0.0769. The quantitative estimate of drug-likeness (QED) is 0.932. The summed E-state index contributed by atoms with van der Waals surface area (Å²) in [6.45, 7) is 5.16. The molecule has 0 aliphatic carbocycles. The molecule has 0 radical (unpaired) electrons. The first-order valence-corrected chi connectivity index (χ1v) is 7.51. The third kappa shape index (κ3) is 3.43. The van der Waals surface area contributed by atoms with Crippen molar-refractivity contribution in [2.75, 3.05) is 26.4 Å². The van der Waals surface area contributed by atoms with E-state index in [9.17, 15) is 0 Å². The monoisotopic (exact) mass is 283 g/mol. The topological polar surface area (TPSA) is 30.5 Å². The van der Waals surface area contributed by atoms with Gasteiger partial charge in [-0.05, 0) is 35.7 Å². The van der Waals surface area contributed by atoms with Crippen LogP contribution in [0, 0.1) is 0 Å². The average Bonchev–Trinajstić information content (AvgIpc) is 2.56. The SMILES string of the molecule is CCOc1cccc(-c2ccc(C3COCCN3)cc2)c1. The summed E-state index contributed by atoms with van der Waals surface area (Å²) < 4.78 is 11.1. The summed E-state index contributed by atoms with van der Waals surface area (Å²) in [4.78, 5) is 0. The Morgan fingerprint density at radius 2 is 2.00 bits per heavy atom. The van der Waals surface area contributed by atoms with Crippen molar-refractivity contribution in [3.63, 3.8) is 0 Å². The molecule has 0 amide bonds. The van der Waals surface area contributed by atoms with Crippen molar-refractivity contribution in [3.05, 3.63) is 54.1 Å². The van der Waals surface area contributed by atoms with Crippen LogP contribution in [0.25, 0.3) is 11.1 Å². The second kappa shape index (κ2) is 6.74. The van der Waals surface area contributed by atoms with Crippen LogP contribution >= 0.6 is 0 Å². The highest BCUT2D eigenvalue weighted by atomic mass is 16.5. The third-order valence-corrected chi connectivity index (χ3v) is 3.71. The fourth-order valence-corrected chi connectivity index (χ4v) is 2.62. The van der Waals surface area contributed by atoms with Gasteiger partial charge in [0.25, 0.3) is 0 Å². The zero-order chi connectivity index (χ0) is 14.5. The number of ether oxygens (including phenoxy) is 2. The second-order valence-corrected chi connectivity index (χ2v) is 5.16. The lowest BCUT2D eigenvalue weighted by Crippen LogP contribution is -2.34. The van der Waals surface area contributed by atoms with E-state index in [1.54, 1.807) is 0 Å². The van der Waals surface area contributed by atoms with Crippen molar-refractivity contribution in [1.82, 2.24) is 5.32 Å². The Hall–Kier alpha value is -1.84. The highest BCUT2D eigenvalue weighted by Gasteiger charge is 2.14. The van der Waals surface area contributed by atoms with Crippen molar-refractivity contribution in [2.24, 2.45) is 0 Å². The summed E-state index contributed by atoms with van der Waals surface area (Å²) in [6, 6.07) is 17.2. The van der Waals surface area contributed by atoms with E-state index in [2.05, 4.69) is 41.7 Å². The fourth-order valence-electron chi connectivity index (χ4n) is 2.62. The molecule has 3 heteroatoms. The first kappa shape index (κ1) is 14.1. The predicted octanol–water partition coefficient (Wildman–Crippen LogP) is 3.41. The predicted molar refractivity (Wildman–Crippen MR) is 84.6 cm³/mol. The zero-order valence-corrected chi connectivity index (χ0v) is 12.3. The zero-order valence-electron chi connectivity index (χ0n) is 12.3. The van der Waals surface area contributed by atoms with Gasteiger partial charge >= 0.3 is 0 Å². The minimum absolute atomic E-state index is 0.308. The molecule has 1 heterocycles. The van der Waals surface area contributed by atoms with Gasteiger partial charge in [-0.2, -0.15) is 0 Å². The molecular weight excluding hydrogens is 262 g/mol.